The molecule has 0 saturated carbocycles. The molecule has 3 atom stereocenters. The smallest absolute Gasteiger partial charge is 0.243 e. The second-order valence-corrected chi connectivity index (χ2v) is 7.82. The average molecular weight is 380 g/mol. The SMILES string of the molecule is CC.CC(NC(=O)C1CCCN1C(=O)C(N)C(C)(C)C)c1ccc(F)cc1. The molecule has 6 heteroatoms. The maximum Gasteiger partial charge on any atom is 0.243 e. The Morgan fingerprint density at radius 1 is 1.22 bits per heavy atom. The summed E-state index contributed by atoms with van der Waals surface area (Å²) in [6.45, 7) is 12.1. The van der Waals surface area contributed by atoms with Gasteiger partial charge in [-0.1, -0.05) is 46.8 Å². The maximum absolute atomic E-state index is 13.0. The van der Waals surface area contributed by atoms with Crippen LogP contribution in [0.25, 0.3) is 0 Å². The highest BCUT2D eigenvalue weighted by Crippen LogP contribution is 2.25. The first-order valence-corrected chi connectivity index (χ1v) is 9.73. The van der Waals surface area contributed by atoms with Crippen molar-refractivity contribution >= 4 is 11.8 Å². The number of amides is 2. The van der Waals surface area contributed by atoms with Crippen molar-refractivity contribution in [1.82, 2.24) is 10.2 Å². The topological polar surface area (TPSA) is 75.4 Å². The van der Waals surface area contributed by atoms with Crippen LogP contribution in [0.15, 0.2) is 24.3 Å². The third kappa shape index (κ3) is 6.03. The van der Waals surface area contributed by atoms with Gasteiger partial charge in [-0.05, 0) is 42.9 Å². The largest absolute Gasteiger partial charge is 0.348 e. The molecule has 1 aromatic carbocycles. The van der Waals surface area contributed by atoms with Crippen molar-refractivity contribution in [3.8, 4) is 0 Å². The fourth-order valence-electron chi connectivity index (χ4n) is 3.00. The molecule has 0 radical (unpaired) electrons. The summed E-state index contributed by atoms with van der Waals surface area (Å²) in [6, 6.07) is 4.62. The summed E-state index contributed by atoms with van der Waals surface area (Å²) in [5.74, 6) is -0.686. The molecule has 1 saturated heterocycles. The second kappa shape index (κ2) is 9.83. The quantitative estimate of drug-likeness (QED) is 0.842. The summed E-state index contributed by atoms with van der Waals surface area (Å²) in [5, 5.41) is 2.92. The number of nitrogens with zero attached hydrogens (tertiary/aromatic N) is 1. The van der Waals surface area contributed by atoms with E-state index in [-0.39, 0.29) is 29.1 Å². The Bertz CT molecular complexity index is 625. The molecule has 0 bridgehead atoms. The molecule has 1 fully saturated rings. The molecule has 1 aromatic rings. The average Bonchev–Trinajstić information content (AvgIpc) is 3.11. The van der Waals surface area contributed by atoms with Gasteiger partial charge in [0.1, 0.15) is 11.9 Å². The van der Waals surface area contributed by atoms with Crippen LogP contribution >= 0.6 is 0 Å². The van der Waals surface area contributed by atoms with E-state index in [0.29, 0.717) is 13.0 Å². The van der Waals surface area contributed by atoms with Gasteiger partial charge in [0.2, 0.25) is 11.8 Å². The molecular formula is C21H34FN3O2. The number of hydrogen-bond donors (Lipinski definition) is 2. The van der Waals surface area contributed by atoms with Gasteiger partial charge in [-0.2, -0.15) is 0 Å². The van der Waals surface area contributed by atoms with Crippen molar-refractivity contribution in [1.29, 1.82) is 0 Å². The molecule has 152 valence electrons. The molecule has 0 aromatic heterocycles. The van der Waals surface area contributed by atoms with E-state index in [4.69, 9.17) is 5.73 Å². The standard InChI is InChI=1S/C19H28FN3O2.C2H6/c1-12(13-7-9-14(20)10-8-13)22-17(24)15-6-5-11-23(15)18(25)16(21)19(2,3)4;1-2/h7-10,12,15-16H,5-6,11,21H2,1-4H3,(H,22,24);1-2H3. The van der Waals surface area contributed by atoms with Crippen molar-refractivity contribution in [2.45, 2.75) is 72.5 Å². The summed E-state index contributed by atoms with van der Waals surface area (Å²) in [6.07, 6.45) is 1.41. The minimum atomic E-state index is -0.643. The Labute approximate surface area is 162 Å². The maximum atomic E-state index is 13.0. The molecule has 0 spiro atoms. The highest BCUT2D eigenvalue weighted by atomic mass is 19.1. The fraction of sp³-hybridized carbons (Fsp3) is 0.619. The molecule has 1 heterocycles. The fourth-order valence-corrected chi connectivity index (χ4v) is 3.00. The number of halogens is 1. The zero-order chi connectivity index (χ0) is 20.8. The molecule has 2 amide bonds. The minimum Gasteiger partial charge on any atom is -0.348 e. The van der Waals surface area contributed by atoms with Gasteiger partial charge in [0.25, 0.3) is 0 Å². The van der Waals surface area contributed by atoms with Crippen molar-refractivity contribution in [2.24, 2.45) is 11.1 Å². The Balaban J connectivity index is 0.00000176. The molecule has 3 N–H and O–H groups in total. The van der Waals surface area contributed by atoms with E-state index in [0.717, 1.165) is 12.0 Å². The van der Waals surface area contributed by atoms with E-state index >= 15 is 0 Å². The van der Waals surface area contributed by atoms with Gasteiger partial charge >= 0.3 is 0 Å². The third-order valence-electron chi connectivity index (χ3n) is 4.77. The lowest BCUT2D eigenvalue weighted by molar-refractivity contribution is -0.141. The summed E-state index contributed by atoms with van der Waals surface area (Å²) in [4.78, 5) is 26.9. The number of rotatable bonds is 4. The molecule has 2 rings (SSSR count). The van der Waals surface area contributed by atoms with Crippen LogP contribution in [0.5, 0.6) is 0 Å². The highest BCUT2D eigenvalue weighted by Gasteiger charge is 2.39. The lowest BCUT2D eigenvalue weighted by Crippen LogP contribution is -2.55. The van der Waals surface area contributed by atoms with Crippen LogP contribution in [0.1, 0.15) is 66.0 Å². The molecule has 1 aliphatic heterocycles. The Hall–Kier alpha value is -1.95. The number of carbonyl (C=O) groups is 2. The number of benzene rings is 1. The second-order valence-electron chi connectivity index (χ2n) is 7.82. The molecule has 27 heavy (non-hydrogen) atoms. The van der Waals surface area contributed by atoms with Crippen LogP contribution in [0.3, 0.4) is 0 Å². The summed E-state index contributed by atoms with van der Waals surface area (Å²) < 4.78 is 13.0. The Morgan fingerprint density at radius 2 is 1.78 bits per heavy atom. The van der Waals surface area contributed by atoms with Crippen molar-refractivity contribution in [2.75, 3.05) is 6.54 Å². The molecular weight excluding hydrogens is 345 g/mol. The van der Waals surface area contributed by atoms with Crippen LogP contribution < -0.4 is 11.1 Å². The van der Waals surface area contributed by atoms with Gasteiger partial charge in [-0.3, -0.25) is 9.59 Å². The lowest BCUT2D eigenvalue weighted by Gasteiger charge is -2.33. The summed E-state index contributed by atoms with van der Waals surface area (Å²) in [5.41, 5.74) is 6.54. The lowest BCUT2D eigenvalue weighted by atomic mass is 9.86. The van der Waals surface area contributed by atoms with Gasteiger partial charge in [-0.25, -0.2) is 4.39 Å². The van der Waals surface area contributed by atoms with E-state index in [1.807, 2.05) is 41.5 Å². The minimum absolute atomic E-state index is 0.181. The van der Waals surface area contributed by atoms with E-state index in [9.17, 15) is 14.0 Å². The van der Waals surface area contributed by atoms with Crippen molar-refractivity contribution in [3.63, 3.8) is 0 Å². The summed E-state index contributed by atoms with van der Waals surface area (Å²) >= 11 is 0. The molecule has 1 aliphatic rings. The third-order valence-corrected chi connectivity index (χ3v) is 4.77. The number of hydrogen-bond acceptors (Lipinski definition) is 3. The van der Waals surface area contributed by atoms with E-state index < -0.39 is 12.1 Å². The van der Waals surface area contributed by atoms with Gasteiger partial charge in [0.05, 0.1) is 12.1 Å². The van der Waals surface area contributed by atoms with Gasteiger partial charge in [-0.15, -0.1) is 0 Å². The van der Waals surface area contributed by atoms with E-state index in [1.165, 1.54) is 12.1 Å². The predicted octanol–water partition coefficient (Wildman–Crippen LogP) is 3.39. The van der Waals surface area contributed by atoms with E-state index in [2.05, 4.69) is 5.32 Å². The van der Waals surface area contributed by atoms with Crippen molar-refractivity contribution in [3.05, 3.63) is 35.6 Å². The number of nitrogens with one attached hydrogen (secondary N) is 1. The number of carbonyl (C=O) groups excluding carboxylic acids is 2. The Morgan fingerprint density at radius 3 is 2.30 bits per heavy atom. The molecule has 0 aliphatic carbocycles. The number of nitrogens with two attached hydrogens (primary N) is 1. The highest BCUT2D eigenvalue weighted by molar-refractivity contribution is 5.90. The van der Waals surface area contributed by atoms with Crippen LogP contribution in [-0.2, 0) is 9.59 Å². The normalized spacial score (nSPS) is 19.0. The first-order chi connectivity index (χ1) is 12.6. The van der Waals surface area contributed by atoms with Crippen LogP contribution in [0.4, 0.5) is 4.39 Å². The molecule has 3 unspecified atom stereocenters. The van der Waals surface area contributed by atoms with Crippen molar-refractivity contribution < 1.29 is 14.0 Å². The van der Waals surface area contributed by atoms with Crippen LogP contribution in [0.2, 0.25) is 0 Å². The summed E-state index contributed by atoms with van der Waals surface area (Å²) in [7, 11) is 0. The van der Waals surface area contributed by atoms with Gasteiger partial charge in [0, 0.05) is 6.54 Å². The van der Waals surface area contributed by atoms with Gasteiger partial charge in [0.15, 0.2) is 0 Å². The van der Waals surface area contributed by atoms with E-state index in [1.54, 1.807) is 17.0 Å². The zero-order valence-electron chi connectivity index (χ0n) is 17.4. The Kier molecular flexibility index (Phi) is 8.41. The van der Waals surface area contributed by atoms with Crippen LogP contribution in [0, 0.1) is 11.2 Å². The number of likely N-dealkylation sites (tertiary alicyclic amines) is 1. The monoisotopic (exact) mass is 379 g/mol. The predicted molar refractivity (Wildman–Crippen MR) is 106 cm³/mol. The first kappa shape index (κ1) is 23.1. The molecule has 5 nitrogen and oxygen atoms in total. The van der Waals surface area contributed by atoms with Crippen LogP contribution in [-0.4, -0.2) is 35.3 Å². The van der Waals surface area contributed by atoms with Gasteiger partial charge < -0.3 is 16.0 Å². The first-order valence-electron chi connectivity index (χ1n) is 9.73. The zero-order valence-corrected chi connectivity index (χ0v) is 17.4.